The van der Waals surface area contributed by atoms with E-state index in [1.54, 1.807) is 0 Å². The van der Waals surface area contributed by atoms with Gasteiger partial charge < -0.3 is 39.4 Å². The maximum absolute atomic E-state index is 9.36. The summed E-state index contributed by atoms with van der Waals surface area (Å²) in [7, 11) is -9.86. The summed E-state index contributed by atoms with van der Waals surface area (Å²) in [6.07, 6.45) is 0. The Hall–Kier alpha value is -0.0717. The third kappa shape index (κ3) is 13.9. The van der Waals surface area contributed by atoms with Crippen LogP contribution in [0.4, 0.5) is 9.59 Å². The van der Waals surface area contributed by atoms with Gasteiger partial charge in [0.1, 0.15) is 0 Å². The van der Waals surface area contributed by atoms with Crippen molar-refractivity contribution in [2.75, 3.05) is 0 Å². The summed E-state index contributed by atoms with van der Waals surface area (Å²) < 4.78 is 18.7. The first-order chi connectivity index (χ1) is 5.89. The summed E-state index contributed by atoms with van der Waals surface area (Å²) in [6.45, 7) is 0. The van der Waals surface area contributed by atoms with Crippen molar-refractivity contribution in [2.45, 2.75) is 0 Å². The van der Waals surface area contributed by atoms with Gasteiger partial charge in [0, 0.05) is 0 Å². The molecule has 0 aromatic rings. The maximum Gasteiger partial charge on any atom is 2.00 e. The molecule has 0 atom stereocenters. The van der Waals surface area contributed by atoms with E-state index in [2.05, 4.69) is 0 Å². The number of carboxylic acid groups (broad SMARTS) is 2. The van der Waals surface area contributed by atoms with E-state index in [1.807, 2.05) is 0 Å². The number of hydrogen-bond acceptors (Lipinski definition) is 6. The van der Waals surface area contributed by atoms with Crippen molar-refractivity contribution in [1.29, 1.82) is 0 Å². The first-order valence-corrected chi connectivity index (χ1v) is 5.65. The van der Waals surface area contributed by atoms with Gasteiger partial charge in [-0.25, -0.2) is 0 Å². The number of hydrogen-bond donors (Lipinski definition) is 4. The maximum atomic E-state index is 9.36. The number of rotatable bonds is 2. The van der Waals surface area contributed by atoms with Crippen LogP contribution in [0.1, 0.15) is 0 Å². The smallest absolute Gasteiger partial charge is 0.538 e. The summed E-state index contributed by atoms with van der Waals surface area (Å²) in [5, 5.41) is 18.3. The molecule has 15 heavy (non-hydrogen) atoms. The van der Waals surface area contributed by atoms with Gasteiger partial charge in [-0.2, -0.15) is 0 Å². The zero-order valence-corrected chi connectivity index (χ0v) is 10.5. The number of carbonyl (C=O) groups excluding carboxylic acids is 2. The number of carbonyl (C=O) groups is 2. The van der Waals surface area contributed by atoms with Gasteiger partial charge in [0.25, 0.3) is 0 Å². The molecule has 0 unspecified atom stereocenters. The molecular weight excluding hydrogens is 441 g/mol. The minimum atomic E-state index is -4.93. The zero-order valence-electron chi connectivity index (χ0n) is 6.45. The first-order valence-electron chi connectivity index (χ1n) is 2.43. The van der Waals surface area contributed by atoms with Crippen molar-refractivity contribution >= 4 is 26.6 Å². The van der Waals surface area contributed by atoms with Crippen LogP contribution < -0.4 is 10.2 Å². The Labute approximate surface area is 96.5 Å². The van der Waals surface area contributed by atoms with E-state index >= 15 is 0 Å². The molecule has 0 bridgehead atoms. The first kappa shape index (κ1) is 20.4. The van der Waals surface area contributed by atoms with E-state index in [-0.39, 0.29) is 21.1 Å². The molecule has 0 saturated carbocycles. The fraction of sp³-hybridized carbons (Fsp3) is 0. The Balaban J connectivity index is -0.000000180. The topological polar surface area (TPSA) is 195 Å². The molecule has 0 rings (SSSR count). The van der Waals surface area contributed by atoms with E-state index in [4.69, 9.17) is 39.4 Å². The van der Waals surface area contributed by atoms with E-state index in [9.17, 15) is 9.13 Å². The van der Waals surface area contributed by atoms with Crippen molar-refractivity contribution in [1.82, 2.24) is 0 Å². The molecule has 10 nitrogen and oxygen atoms in total. The van der Waals surface area contributed by atoms with Crippen LogP contribution in [0.3, 0.4) is 0 Å². The average molecular weight is 445 g/mol. The quantitative estimate of drug-likeness (QED) is 0.318. The SMILES string of the molecule is O=C([O-])P(=O)(O)O.O=C([O-])P(=O)(O)O.[Pt+2]. The van der Waals surface area contributed by atoms with Crippen LogP contribution in [0.25, 0.3) is 0 Å². The molecule has 0 heterocycles. The van der Waals surface area contributed by atoms with Gasteiger partial charge in [-0.05, 0) is 0 Å². The van der Waals surface area contributed by atoms with E-state index in [0.29, 0.717) is 0 Å². The third-order valence-corrected chi connectivity index (χ3v) is 1.43. The normalized spacial score (nSPS) is 10.4. The predicted octanol–water partition coefficient (Wildman–Crippen LogP) is -2.99. The predicted molar refractivity (Wildman–Crippen MR) is 34.9 cm³/mol. The molecule has 0 aliphatic heterocycles. The van der Waals surface area contributed by atoms with Gasteiger partial charge in [-0.15, -0.1) is 0 Å². The van der Waals surface area contributed by atoms with Crippen LogP contribution >= 0.6 is 15.2 Å². The van der Waals surface area contributed by atoms with Gasteiger partial charge in [0.05, 0.1) is 0 Å². The summed E-state index contributed by atoms with van der Waals surface area (Å²) in [5.74, 6) is 0. The van der Waals surface area contributed by atoms with Crippen molar-refractivity contribution in [3.8, 4) is 0 Å². The van der Waals surface area contributed by atoms with Crippen molar-refractivity contribution in [2.24, 2.45) is 0 Å². The second-order valence-corrected chi connectivity index (χ2v) is 4.53. The molecule has 0 spiro atoms. The second-order valence-electron chi connectivity index (χ2n) is 1.62. The molecule has 92 valence electrons. The molecule has 0 aromatic carbocycles. The zero-order chi connectivity index (χ0) is 12.2. The van der Waals surface area contributed by atoms with E-state index in [0.717, 1.165) is 0 Å². The van der Waals surface area contributed by atoms with Gasteiger partial charge >= 0.3 is 36.3 Å². The standard InChI is InChI=1S/2CH3O5P.Pt/c2*2-1(3)7(4,5)6;/h2*(H,2,3)(H2,4,5,6);/q;;+2/p-2. The minimum Gasteiger partial charge on any atom is -0.538 e. The van der Waals surface area contributed by atoms with Gasteiger partial charge in [0.15, 0.2) is 11.4 Å². The molecule has 0 saturated heterocycles. The Morgan fingerprint density at radius 3 is 0.867 bits per heavy atom. The van der Waals surface area contributed by atoms with Crippen LogP contribution in [-0.2, 0) is 30.2 Å². The Morgan fingerprint density at radius 1 is 0.800 bits per heavy atom. The van der Waals surface area contributed by atoms with Crippen molar-refractivity contribution in [3.63, 3.8) is 0 Å². The fourth-order valence-corrected chi connectivity index (χ4v) is 0. The van der Waals surface area contributed by atoms with Crippen LogP contribution in [0.2, 0.25) is 0 Å². The molecule has 0 aliphatic carbocycles. The van der Waals surface area contributed by atoms with Crippen molar-refractivity contribution < 1.29 is 69.6 Å². The molecule has 0 aliphatic rings. The summed E-state index contributed by atoms with van der Waals surface area (Å²) in [5.41, 5.74) is -4.68. The van der Waals surface area contributed by atoms with Crippen LogP contribution in [0.5, 0.6) is 0 Å². The molecule has 13 heteroatoms. The van der Waals surface area contributed by atoms with Gasteiger partial charge in [-0.1, -0.05) is 0 Å². The Bertz CT molecular complexity index is 277. The summed E-state index contributed by atoms with van der Waals surface area (Å²) >= 11 is 0. The molecule has 4 N–H and O–H groups in total. The monoisotopic (exact) mass is 445 g/mol. The Kier molecular flexibility index (Phi) is 9.83. The second kappa shape index (κ2) is 7.24. The molecular formula is C2H4O10P2Pt. The van der Waals surface area contributed by atoms with Crippen LogP contribution in [0, 0.1) is 0 Å². The average Bonchev–Trinajstić information content (AvgIpc) is 1.83. The molecule has 0 aromatic heterocycles. The fourth-order valence-electron chi connectivity index (χ4n) is 0. The minimum absolute atomic E-state index is 0. The van der Waals surface area contributed by atoms with E-state index < -0.39 is 26.6 Å². The largest absolute Gasteiger partial charge is 2.00 e. The van der Waals surface area contributed by atoms with Gasteiger partial charge in [-0.3, -0.25) is 9.13 Å². The van der Waals surface area contributed by atoms with E-state index in [1.165, 1.54) is 0 Å². The van der Waals surface area contributed by atoms with Crippen LogP contribution in [0.15, 0.2) is 0 Å². The molecule has 0 radical (unpaired) electrons. The van der Waals surface area contributed by atoms with Gasteiger partial charge in [0.2, 0.25) is 0 Å². The molecule has 0 amide bonds. The Morgan fingerprint density at radius 2 is 0.867 bits per heavy atom. The third-order valence-electron chi connectivity index (χ3n) is 0.476. The summed E-state index contributed by atoms with van der Waals surface area (Å²) in [4.78, 5) is 48.5. The summed E-state index contributed by atoms with van der Waals surface area (Å²) in [6, 6.07) is 0. The molecule has 0 fully saturated rings. The van der Waals surface area contributed by atoms with Crippen LogP contribution in [-0.4, -0.2) is 31.0 Å². The van der Waals surface area contributed by atoms with Crippen molar-refractivity contribution in [3.05, 3.63) is 0 Å².